The van der Waals surface area contributed by atoms with Crippen molar-refractivity contribution in [2.75, 3.05) is 22.7 Å². The number of nitrogens with one attached hydrogen (secondary N) is 1. The Bertz CT molecular complexity index is 904. The van der Waals surface area contributed by atoms with Gasteiger partial charge in [-0.25, -0.2) is 13.2 Å². The lowest BCUT2D eigenvalue weighted by Gasteiger charge is -2.25. The molecule has 0 spiro atoms. The molecule has 0 aliphatic carbocycles. The average molecular weight is 391 g/mol. The minimum Gasteiger partial charge on any atom is -0.478 e. The summed E-state index contributed by atoms with van der Waals surface area (Å²) in [7, 11) is -3.79. The average Bonchev–Trinajstić information content (AvgIpc) is 2.61. The summed E-state index contributed by atoms with van der Waals surface area (Å²) in [6, 6.07) is 11.2. The third-order valence-electron chi connectivity index (χ3n) is 4.11. The van der Waals surface area contributed by atoms with Crippen molar-refractivity contribution < 1.29 is 18.3 Å². The standard InChI is InChI=1S/C20H26N2O4S/c1-4-11-22(12-5-2)19-10-9-16(14-18(19)20(23)24)21-27(25,26)17-8-6-7-15(3)13-17/h6-10,13-14,21H,4-5,11-12H2,1-3H3,(H,23,24). The van der Waals surface area contributed by atoms with Gasteiger partial charge in [0.05, 0.1) is 16.1 Å². The highest BCUT2D eigenvalue weighted by Gasteiger charge is 2.19. The quantitative estimate of drug-likeness (QED) is 0.672. The monoisotopic (exact) mass is 390 g/mol. The Morgan fingerprint density at radius 1 is 1.07 bits per heavy atom. The van der Waals surface area contributed by atoms with Crippen LogP contribution in [0.25, 0.3) is 0 Å². The van der Waals surface area contributed by atoms with Crippen LogP contribution in [-0.4, -0.2) is 32.6 Å². The number of carbonyl (C=O) groups is 1. The van der Waals surface area contributed by atoms with E-state index in [2.05, 4.69) is 4.72 Å². The number of aromatic carboxylic acids is 1. The molecule has 7 heteroatoms. The van der Waals surface area contributed by atoms with E-state index in [4.69, 9.17) is 0 Å². The minimum atomic E-state index is -3.79. The molecule has 0 aliphatic heterocycles. The van der Waals surface area contributed by atoms with Gasteiger partial charge in [-0.3, -0.25) is 4.72 Å². The number of benzene rings is 2. The summed E-state index contributed by atoms with van der Waals surface area (Å²) in [5.41, 5.74) is 1.74. The van der Waals surface area contributed by atoms with Crippen molar-refractivity contribution in [3.63, 3.8) is 0 Å². The number of aryl methyl sites for hydroxylation is 1. The topological polar surface area (TPSA) is 86.7 Å². The van der Waals surface area contributed by atoms with Gasteiger partial charge in [0.15, 0.2) is 0 Å². The van der Waals surface area contributed by atoms with E-state index in [1.165, 1.54) is 12.1 Å². The first-order valence-electron chi connectivity index (χ1n) is 9.00. The molecular weight excluding hydrogens is 364 g/mol. The predicted octanol–water partition coefficient (Wildman–Crippen LogP) is 4.12. The molecule has 2 N–H and O–H groups in total. The molecule has 2 rings (SSSR count). The van der Waals surface area contributed by atoms with Crippen molar-refractivity contribution in [1.29, 1.82) is 0 Å². The van der Waals surface area contributed by atoms with Gasteiger partial charge in [-0.1, -0.05) is 26.0 Å². The number of nitrogens with zero attached hydrogens (tertiary/aromatic N) is 1. The van der Waals surface area contributed by atoms with Crippen LogP contribution in [0.5, 0.6) is 0 Å². The maximum absolute atomic E-state index is 12.6. The van der Waals surface area contributed by atoms with Gasteiger partial charge in [0.2, 0.25) is 0 Å². The third kappa shape index (κ3) is 5.23. The van der Waals surface area contributed by atoms with E-state index in [1.807, 2.05) is 31.7 Å². The summed E-state index contributed by atoms with van der Waals surface area (Å²) in [4.78, 5) is 13.9. The predicted molar refractivity (Wildman–Crippen MR) is 108 cm³/mol. The van der Waals surface area contributed by atoms with Gasteiger partial charge in [0.25, 0.3) is 10.0 Å². The Balaban J connectivity index is 2.39. The smallest absolute Gasteiger partial charge is 0.337 e. The van der Waals surface area contributed by atoms with Crippen molar-refractivity contribution >= 4 is 27.4 Å². The SMILES string of the molecule is CCCN(CCC)c1ccc(NS(=O)(=O)c2cccc(C)c2)cc1C(=O)O. The summed E-state index contributed by atoms with van der Waals surface area (Å²) in [5.74, 6) is -1.08. The second-order valence-corrected chi connectivity index (χ2v) is 8.13. The molecule has 2 aromatic rings. The molecule has 146 valence electrons. The van der Waals surface area contributed by atoms with E-state index >= 15 is 0 Å². The van der Waals surface area contributed by atoms with E-state index in [1.54, 1.807) is 24.3 Å². The molecule has 0 fully saturated rings. The first kappa shape index (κ1) is 20.8. The number of hydrogen-bond acceptors (Lipinski definition) is 4. The number of rotatable bonds is 9. The Morgan fingerprint density at radius 3 is 2.30 bits per heavy atom. The molecular formula is C20H26N2O4S. The fraction of sp³-hybridized carbons (Fsp3) is 0.350. The van der Waals surface area contributed by atoms with Crippen molar-refractivity contribution in [3.8, 4) is 0 Å². The number of carboxylic acid groups (broad SMARTS) is 1. The Morgan fingerprint density at radius 2 is 1.74 bits per heavy atom. The van der Waals surface area contributed by atoms with Crippen LogP contribution in [0.2, 0.25) is 0 Å². The lowest BCUT2D eigenvalue weighted by Crippen LogP contribution is -2.27. The highest BCUT2D eigenvalue weighted by atomic mass is 32.2. The van der Waals surface area contributed by atoms with Gasteiger partial charge in [0.1, 0.15) is 0 Å². The van der Waals surface area contributed by atoms with Crippen LogP contribution in [0.4, 0.5) is 11.4 Å². The Hall–Kier alpha value is -2.54. The number of carboxylic acids is 1. The molecule has 0 aromatic heterocycles. The normalized spacial score (nSPS) is 11.2. The summed E-state index contributed by atoms with van der Waals surface area (Å²) in [6.45, 7) is 7.36. The number of anilines is 2. The van der Waals surface area contributed by atoms with Crippen LogP contribution >= 0.6 is 0 Å². The van der Waals surface area contributed by atoms with Crippen LogP contribution in [0.15, 0.2) is 47.4 Å². The molecule has 0 radical (unpaired) electrons. The van der Waals surface area contributed by atoms with Gasteiger partial charge in [0, 0.05) is 18.8 Å². The second kappa shape index (κ2) is 8.90. The third-order valence-corrected chi connectivity index (χ3v) is 5.49. The lowest BCUT2D eigenvalue weighted by molar-refractivity contribution is 0.0697. The van der Waals surface area contributed by atoms with Crippen molar-refractivity contribution in [2.45, 2.75) is 38.5 Å². The number of sulfonamides is 1. The molecule has 6 nitrogen and oxygen atoms in total. The highest BCUT2D eigenvalue weighted by molar-refractivity contribution is 7.92. The van der Waals surface area contributed by atoms with Crippen LogP contribution in [0.1, 0.15) is 42.6 Å². The second-order valence-electron chi connectivity index (χ2n) is 6.45. The molecule has 0 heterocycles. The summed E-state index contributed by atoms with van der Waals surface area (Å²) in [6.07, 6.45) is 1.78. The fourth-order valence-corrected chi connectivity index (χ4v) is 4.09. The van der Waals surface area contributed by atoms with Gasteiger partial charge in [-0.05, 0) is 55.7 Å². The van der Waals surface area contributed by atoms with Gasteiger partial charge in [-0.2, -0.15) is 0 Å². The molecule has 0 atom stereocenters. The minimum absolute atomic E-state index is 0.0846. The summed E-state index contributed by atoms with van der Waals surface area (Å²) in [5, 5.41) is 9.62. The van der Waals surface area contributed by atoms with Gasteiger partial charge in [-0.15, -0.1) is 0 Å². The van der Waals surface area contributed by atoms with E-state index in [9.17, 15) is 18.3 Å². The molecule has 0 saturated carbocycles. The molecule has 0 amide bonds. The lowest BCUT2D eigenvalue weighted by atomic mass is 10.1. The fourth-order valence-electron chi connectivity index (χ4n) is 2.94. The molecule has 0 unspecified atom stereocenters. The molecule has 27 heavy (non-hydrogen) atoms. The zero-order valence-corrected chi connectivity index (χ0v) is 16.7. The maximum atomic E-state index is 12.6. The van der Waals surface area contributed by atoms with Gasteiger partial charge >= 0.3 is 5.97 Å². The zero-order valence-electron chi connectivity index (χ0n) is 15.9. The first-order valence-corrected chi connectivity index (χ1v) is 10.5. The van der Waals surface area contributed by atoms with Crippen molar-refractivity contribution in [3.05, 3.63) is 53.6 Å². The summed E-state index contributed by atoms with van der Waals surface area (Å²) >= 11 is 0. The van der Waals surface area contributed by atoms with Crippen LogP contribution in [0, 0.1) is 6.92 Å². The largest absolute Gasteiger partial charge is 0.478 e. The zero-order chi connectivity index (χ0) is 20.0. The van der Waals surface area contributed by atoms with E-state index in [0.717, 1.165) is 31.5 Å². The maximum Gasteiger partial charge on any atom is 0.337 e. The highest BCUT2D eigenvalue weighted by Crippen LogP contribution is 2.27. The van der Waals surface area contributed by atoms with Crippen LogP contribution < -0.4 is 9.62 Å². The molecule has 0 saturated heterocycles. The van der Waals surface area contributed by atoms with Crippen molar-refractivity contribution in [1.82, 2.24) is 0 Å². The van der Waals surface area contributed by atoms with E-state index in [-0.39, 0.29) is 16.1 Å². The summed E-state index contributed by atoms with van der Waals surface area (Å²) < 4.78 is 27.7. The van der Waals surface area contributed by atoms with Crippen LogP contribution in [0.3, 0.4) is 0 Å². The Labute approximate surface area is 160 Å². The Kier molecular flexibility index (Phi) is 6.85. The van der Waals surface area contributed by atoms with Gasteiger partial charge < -0.3 is 10.0 Å². The first-order chi connectivity index (χ1) is 12.8. The molecule has 0 aliphatic rings. The van der Waals surface area contributed by atoms with Crippen molar-refractivity contribution in [2.24, 2.45) is 0 Å². The number of hydrogen-bond donors (Lipinski definition) is 2. The molecule has 2 aromatic carbocycles. The van der Waals surface area contributed by atoms with Crippen LogP contribution in [-0.2, 0) is 10.0 Å². The van der Waals surface area contributed by atoms with E-state index < -0.39 is 16.0 Å². The molecule has 0 bridgehead atoms. The van der Waals surface area contributed by atoms with E-state index in [0.29, 0.717) is 5.69 Å².